The number of methoxy groups -OCH3 is 2. The first-order valence-corrected chi connectivity index (χ1v) is 7.87. The molecule has 0 heterocycles. The zero-order valence-corrected chi connectivity index (χ0v) is 12.9. The van der Waals surface area contributed by atoms with E-state index >= 15 is 0 Å². The first-order chi connectivity index (χ1) is 9.83. The summed E-state index contributed by atoms with van der Waals surface area (Å²) in [6, 6.07) is 7.03. The Bertz CT molecular complexity index is 398. The van der Waals surface area contributed by atoms with Crippen LogP contribution in [0.2, 0.25) is 0 Å². The Morgan fingerprint density at radius 2 is 1.60 bits per heavy atom. The molecule has 1 aliphatic carbocycles. The molecule has 2 rings (SSSR count). The van der Waals surface area contributed by atoms with Gasteiger partial charge in [-0.15, -0.1) is 0 Å². The Labute approximate surface area is 122 Å². The predicted molar refractivity (Wildman–Crippen MR) is 81.3 cm³/mol. The lowest BCUT2D eigenvalue weighted by atomic mass is 9.96. The van der Waals surface area contributed by atoms with E-state index in [4.69, 9.17) is 9.47 Å². The van der Waals surface area contributed by atoms with Gasteiger partial charge in [0.1, 0.15) is 6.54 Å². The fourth-order valence-corrected chi connectivity index (χ4v) is 3.03. The minimum absolute atomic E-state index is 0.795. The van der Waals surface area contributed by atoms with Gasteiger partial charge in [-0.1, -0.05) is 19.3 Å². The van der Waals surface area contributed by atoms with Crippen molar-refractivity contribution in [1.82, 2.24) is 0 Å². The van der Waals surface area contributed by atoms with Crippen LogP contribution in [0.1, 0.15) is 50.5 Å². The minimum Gasteiger partial charge on any atom is -0.493 e. The van der Waals surface area contributed by atoms with Crippen LogP contribution in [0.3, 0.4) is 0 Å². The second-order valence-corrected chi connectivity index (χ2v) is 5.73. The van der Waals surface area contributed by atoms with Crippen molar-refractivity contribution >= 4 is 0 Å². The number of ether oxygens (including phenoxy) is 2. The lowest BCUT2D eigenvalue weighted by molar-refractivity contribution is -0.706. The van der Waals surface area contributed by atoms with Gasteiger partial charge in [0.2, 0.25) is 0 Å². The van der Waals surface area contributed by atoms with Gasteiger partial charge in [0.05, 0.1) is 20.3 Å². The van der Waals surface area contributed by atoms with Crippen LogP contribution in [-0.4, -0.2) is 20.3 Å². The average Bonchev–Trinajstić information content (AvgIpc) is 2.45. The van der Waals surface area contributed by atoms with Crippen molar-refractivity contribution in [3.63, 3.8) is 0 Å². The van der Waals surface area contributed by atoms with Crippen molar-refractivity contribution in [2.45, 2.75) is 57.5 Å². The molecule has 0 atom stereocenters. The third kappa shape index (κ3) is 4.41. The van der Waals surface area contributed by atoms with Gasteiger partial charge in [-0.05, 0) is 43.9 Å². The molecule has 1 aromatic rings. The maximum absolute atomic E-state index is 5.37. The minimum atomic E-state index is 0.795. The largest absolute Gasteiger partial charge is 0.493 e. The number of hydrogen-bond acceptors (Lipinski definition) is 2. The Kier molecular flexibility index (Phi) is 6.19. The summed E-state index contributed by atoms with van der Waals surface area (Å²) >= 11 is 0. The highest BCUT2D eigenvalue weighted by atomic mass is 16.5. The summed E-state index contributed by atoms with van der Waals surface area (Å²) in [7, 11) is 3.37. The summed E-state index contributed by atoms with van der Waals surface area (Å²) in [6.45, 7) is 1.03. The molecular formula is C17H28NO2+. The Balaban J connectivity index is 1.89. The van der Waals surface area contributed by atoms with Crippen LogP contribution >= 0.6 is 0 Å². The van der Waals surface area contributed by atoms with E-state index in [0.29, 0.717) is 0 Å². The second-order valence-electron chi connectivity index (χ2n) is 5.73. The van der Waals surface area contributed by atoms with Crippen molar-refractivity contribution in [2.75, 3.05) is 14.2 Å². The van der Waals surface area contributed by atoms with Crippen LogP contribution in [0.25, 0.3) is 0 Å². The number of nitrogens with two attached hydrogens (primary N) is 1. The van der Waals surface area contributed by atoms with Crippen molar-refractivity contribution in [3.05, 3.63) is 23.8 Å². The molecule has 1 saturated carbocycles. The molecule has 112 valence electrons. The average molecular weight is 278 g/mol. The van der Waals surface area contributed by atoms with Crippen LogP contribution in [0, 0.1) is 0 Å². The van der Waals surface area contributed by atoms with Gasteiger partial charge in [0, 0.05) is 5.56 Å². The van der Waals surface area contributed by atoms with Crippen LogP contribution in [0.4, 0.5) is 0 Å². The maximum atomic E-state index is 5.37. The topological polar surface area (TPSA) is 35.1 Å². The van der Waals surface area contributed by atoms with E-state index < -0.39 is 0 Å². The van der Waals surface area contributed by atoms with Gasteiger partial charge < -0.3 is 14.8 Å². The van der Waals surface area contributed by atoms with Crippen LogP contribution in [0.15, 0.2) is 18.2 Å². The third-order valence-electron chi connectivity index (χ3n) is 4.28. The zero-order chi connectivity index (χ0) is 14.2. The Morgan fingerprint density at radius 1 is 0.950 bits per heavy atom. The molecule has 0 aromatic heterocycles. The van der Waals surface area contributed by atoms with Gasteiger partial charge in [0.15, 0.2) is 11.5 Å². The lowest BCUT2D eigenvalue weighted by Gasteiger charge is -2.18. The van der Waals surface area contributed by atoms with E-state index in [1.807, 2.05) is 6.07 Å². The first-order valence-electron chi connectivity index (χ1n) is 7.87. The maximum Gasteiger partial charge on any atom is 0.161 e. The van der Waals surface area contributed by atoms with E-state index in [0.717, 1.165) is 24.1 Å². The first kappa shape index (κ1) is 15.2. The number of quaternary nitrogens is 1. The molecule has 20 heavy (non-hydrogen) atoms. The van der Waals surface area contributed by atoms with E-state index in [2.05, 4.69) is 17.4 Å². The summed E-state index contributed by atoms with van der Waals surface area (Å²) in [5.41, 5.74) is 1.31. The molecule has 0 aliphatic heterocycles. The summed E-state index contributed by atoms with van der Waals surface area (Å²) in [5, 5.41) is 2.51. The van der Waals surface area contributed by atoms with Gasteiger partial charge in [-0.25, -0.2) is 0 Å². The Hall–Kier alpha value is -1.22. The lowest BCUT2D eigenvalue weighted by Crippen LogP contribution is -2.88. The fraction of sp³-hybridized carbons (Fsp3) is 0.647. The van der Waals surface area contributed by atoms with Gasteiger partial charge >= 0.3 is 0 Å². The van der Waals surface area contributed by atoms with E-state index in [-0.39, 0.29) is 0 Å². The molecule has 0 spiro atoms. The summed E-state index contributed by atoms with van der Waals surface area (Å²) < 4.78 is 10.6. The van der Waals surface area contributed by atoms with Crippen LogP contribution < -0.4 is 14.8 Å². The van der Waals surface area contributed by atoms with Crippen LogP contribution in [-0.2, 0) is 6.54 Å². The highest BCUT2D eigenvalue weighted by Gasteiger charge is 2.14. The molecule has 3 nitrogen and oxygen atoms in total. The molecule has 0 saturated heterocycles. The molecule has 0 amide bonds. The highest BCUT2D eigenvalue weighted by Crippen LogP contribution is 2.27. The number of hydrogen-bond donors (Lipinski definition) is 1. The van der Waals surface area contributed by atoms with E-state index in [9.17, 15) is 0 Å². The van der Waals surface area contributed by atoms with Crippen molar-refractivity contribution in [2.24, 2.45) is 0 Å². The number of rotatable bonds is 5. The van der Waals surface area contributed by atoms with Gasteiger partial charge in [0.25, 0.3) is 0 Å². The van der Waals surface area contributed by atoms with Crippen molar-refractivity contribution in [1.29, 1.82) is 0 Å². The molecule has 3 heteroatoms. The van der Waals surface area contributed by atoms with Gasteiger partial charge in [-0.2, -0.15) is 0 Å². The molecule has 0 bridgehead atoms. The van der Waals surface area contributed by atoms with Crippen molar-refractivity contribution in [3.8, 4) is 11.5 Å². The van der Waals surface area contributed by atoms with Crippen molar-refractivity contribution < 1.29 is 14.8 Å². The molecular weight excluding hydrogens is 250 g/mol. The van der Waals surface area contributed by atoms with Crippen LogP contribution in [0.5, 0.6) is 11.5 Å². The monoisotopic (exact) mass is 278 g/mol. The molecule has 1 aromatic carbocycles. The zero-order valence-electron chi connectivity index (χ0n) is 12.9. The summed E-state index contributed by atoms with van der Waals surface area (Å²) in [4.78, 5) is 0. The molecule has 2 N–H and O–H groups in total. The standard InChI is InChI=1S/C17H27NO2/c1-19-16-11-10-14(12-17(16)20-2)13-18-15-8-6-4-3-5-7-9-15/h10-12,15,18H,3-9,13H2,1-2H3/p+1. The molecule has 0 unspecified atom stereocenters. The summed E-state index contributed by atoms with van der Waals surface area (Å²) in [5.74, 6) is 1.64. The Morgan fingerprint density at radius 3 is 2.25 bits per heavy atom. The fourth-order valence-electron chi connectivity index (χ4n) is 3.03. The number of benzene rings is 1. The quantitative estimate of drug-likeness (QED) is 0.899. The predicted octanol–water partition coefficient (Wildman–Crippen LogP) is 2.88. The normalized spacial score (nSPS) is 17.3. The SMILES string of the molecule is COc1ccc(C[NH2+]C2CCCCCCC2)cc1OC. The summed E-state index contributed by atoms with van der Waals surface area (Å²) in [6.07, 6.45) is 9.80. The molecule has 1 fully saturated rings. The second kappa shape index (κ2) is 8.15. The highest BCUT2D eigenvalue weighted by molar-refractivity contribution is 5.42. The molecule has 1 aliphatic rings. The third-order valence-corrected chi connectivity index (χ3v) is 4.28. The molecule has 0 radical (unpaired) electrons. The van der Waals surface area contributed by atoms with E-state index in [1.165, 1.54) is 50.5 Å². The smallest absolute Gasteiger partial charge is 0.161 e. The van der Waals surface area contributed by atoms with Gasteiger partial charge in [-0.3, -0.25) is 0 Å². The van der Waals surface area contributed by atoms with E-state index in [1.54, 1.807) is 14.2 Å².